The topological polar surface area (TPSA) is 61.6 Å². The molecule has 0 amide bonds. The number of hydrogen-bond acceptors (Lipinski definition) is 5. The fraction of sp³-hybridized carbons (Fsp3) is 0.267. The summed E-state index contributed by atoms with van der Waals surface area (Å²) in [5.41, 5.74) is 1.76. The second-order valence-electron chi connectivity index (χ2n) is 4.61. The molecule has 2 rings (SSSR count). The average Bonchev–Trinajstić information content (AvgIpc) is 2.47. The summed E-state index contributed by atoms with van der Waals surface area (Å²) in [5.74, 6) is 0. The van der Waals surface area contributed by atoms with Crippen molar-refractivity contribution in [2.24, 2.45) is 0 Å². The average molecular weight is 284 g/mol. The summed E-state index contributed by atoms with van der Waals surface area (Å²) in [6.45, 7) is 4.96. The molecule has 2 aromatic rings. The van der Waals surface area contributed by atoms with Crippen molar-refractivity contribution in [3.05, 3.63) is 47.8 Å². The molecule has 0 radical (unpaired) electrons. The van der Waals surface area contributed by atoms with E-state index in [2.05, 4.69) is 35.2 Å². The molecule has 0 saturated heterocycles. The first-order chi connectivity index (χ1) is 9.69. The SMILES string of the molecule is CC(C)NCc1ccc(Sc2ncccn2)c(C#N)c1. The van der Waals surface area contributed by atoms with E-state index in [4.69, 9.17) is 0 Å². The highest BCUT2D eigenvalue weighted by Crippen LogP contribution is 2.28. The van der Waals surface area contributed by atoms with Crippen LogP contribution in [-0.4, -0.2) is 16.0 Å². The van der Waals surface area contributed by atoms with Crippen molar-refractivity contribution in [3.63, 3.8) is 0 Å². The van der Waals surface area contributed by atoms with Crippen molar-refractivity contribution in [2.45, 2.75) is 36.5 Å². The van der Waals surface area contributed by atoms with Gasteiger partial charge in [0.1, 0.15) is 6.07 Å². The first kappa shape index (κ1) is 14.5. The largest absolute Gasteiger partial charge is 0.310 e. The summed E-state index contributed by atoms with van der Waals surface area (Å²) in [6.07, 6.45) is 3.39. The molecule has 0 aliphatic heterocycles. The maximum atomic E-state index is 9.27. The van der Waals surface area contributed by atoms with Crippen LogP contribution in [-0.2, 0) is 6.54 Å². The van der Waals surface area contributed by atoms with Crippen LogP contribution in [0.15, 0.2) is 46.7 Å². The molecule has 4 nitrogen and oxygen atoms in total. The van der Waals surface area contributed by atoms with E-state index in [9.17, 15) is 5.26 Å². The normalized spacial score (nSPS) is 10.5. The Labute approximate surface area is 123 Å². The number of hydrogen-bond donors (Lipinski definition) is 1. The lowest BCUT2D eigenvalue weighted by molar-refractivity contribution is 0.588. The van der Waals surface area contributed by atoms with E-state index in [1.165, 1.54) is 11.8 Å². The van der Waals surface area contributed by atoms with Crippen LogP contribution in [0, 0.1) is 11.3 Å². The Kier molecular flexibility index (Phi) is 5.10. The third-order valence-electron chi connectivity index (χ3n) is 2.62. The molecule has 0 bridgehead atoms. The van der Waals surface area contributed by atoms with E-state index in [0.29, 0.717) is 16.8 Å². The zero-order chi connectivity index (χ0) is 14.4. The molecule has 0 saturated carbocycles. The van der Waals surface area contributed by atoms with Crippen LogP contribution in [0.2, 0.25) is 0 Å². The fourth-order valence-electron chi connectivity index (χ4n) is 1.62. The molecule has 0 aliphatic rings. The predicted octanol–water partition coefficient (Wildman–Crippen LogP) is 3.00. The van der Waals surface area contributed by atoms with Crippen LogP contribution >= 0.6 is 11.8 Å². The molecule has 0 fully saturated rings. The molecule has 5 heteroatoms. The van der Waals surface area contributed by atoms with Crippen molar-refractivity contribution < 1.29 is 0 Å². The molecule has 0 atom stereocenters. The van der Waals surface area contributed by atoms with Crippen LogP contribution in [0.3, 0.4) is 0 Å². The van der Waals surface area contributed by atoms with Crippen LogP contribution in [0.1, 0.15) is 25.0 Å². The Morgan fingerprint density at radius 1 is 1.30 bits per heavy atom. The quantitative estimate of drug-likeness (QED) is 0.855. The summed E-state index contributed by atoms with van der Waals surface area (Å²) in [7, 11) is 0. The van der Waals surface area contributed by atoms with Crippen LogP contribution < -0.4 is 5.32 Å². The van der Waals surface area contributed by atoms with E-state index in [-0.39, 0.29) is 0 Å². The number of aromatic nitrogens is 2. The third-order valence-corrected chi connectivity index (χ3v) is 3.59. The fourth-order valence-corrected chi connectivity index (χ4v) is 2.40. The van der Waals surface area contributed by atoms with Gasteiger partial charge in [-0.2, -0.15) is 5.26 Å². The number of nitrogens with one attached hydrogen (secondary N) is 1. The molecule has 1 aromatic heterocycles. The predicted molar refractivity (Wildman–Crippen MR) is 79.3 cm³/mol. The summed E-state index contributed by atoms with van der Waals surface area (Å²) < 4.78 is 0. The summed E-state index contributed by atoms with van der Waals surface area (Å²) in [4.78, 5) is 9.20. The van der Waals surface area contributed by atoms with Gasteiger partial charge in [-0.05, 0) is 35.5 Å². The number of nitrogens with zero attached hydrogens (tertiary/aromatic N) is 3. The first-order valence-corrected chi connectivity index (χ1v) is 7.22. The Morgan fingerprint density at radius 2 is 2.05 bits per heavy atom. The highest BCUT2D eigenvalue weighted by atomic mass is 32.2. The van der Waals surface area contributed by atoms with Crippen molar-refractivity contribution in [1.82, 2.24) is 15.3 Å². The maximum absolute atomic E-state index is 9.27. The highest BCUT2D eigenvalue weighted by Gasteiger charge is 2.07. The maximum Gasteiger partial charge on any atom is 0.192 e. The number of benzene rings is 1. The summed E-state index contributed by atoms with van der Waals surface area (Å²) >= 11 is 1.41. The molecule has 1 aromatic carbocycles. The van der Waals surface area contributed by atoms with Crippen molar-refractivity contribution in [3.8, 4) is 6.07 Å². The lowest BCUT2D eigenvalue weighted by Crippen LogP contribution is -2.21. The minimum Gasteiger partial charge on any atom is -0.310 e. The van der Waals surface area contributed by atoms with Gasteiger partial charge in [-0.25, -0.2) is 9.97 Å². The van der Waals surface area contributed by atoms with E-state index in [1.54, 1.807) is 18.5 Å². The van der Waals surface area contributed by atoms with Crippen LogP contribution in [0.25, 0.3) is 0 Å². The Hall–Kier alpha value is -1.90. The molecular weight excluding hydrogens is 268 g/mol. The summed E-state index contributed by atoms with van der Waals surface area (Å²) in [6, 6.07) is 10.3. The van der Waals surface area contributed by atoms with E-state index < -0.39 is 0 Å². The smallest absolute Gasteiger partial charge is 0.192 e. The summed E-state index contributed by atoms with van der Waals surface area (Å²) in [5, 5.41) is 13.3. The second kappa shape index (κ2) is 7.04. The monoisotopic (exact) mass is 284 g/mol. The molecule has 102 valence electrons. The van der Waals surface area contributed by atoms with Gasteiger partial charge in [-0.3, -0.25) is 0 Å². The van der Waals surface area contributed by atoms with Gasteiger partial charge in [-0.15, -0.1) is 0 Å². The molecule has 1 heterocycles. The zero-order valence-corrected chi connectivity index (χ0v) is 12.3. The first-order valence-electron chi connectivity index (χ1n) is 6.40. The minimum atomic E-state index is 0.423. The number of nitriles is 1. The van der Waals surface area contributed by atoms with E-state index in [0.717, 1.165) is 17.0 Å². The second-order valence-corrected chi connectivity index (χ2v) is 5.62. The van der Waals surface area contributed by atoms with Gasteiger partial charge in [0.25, 0.3) is 0 Å². The molecular formula is C15H16N4S. The Bertz CT molecular complexity index is 605. The van der Waals surface area contributed by atoms with Crippen LogP contribution in [0.5, 0.6) is 0 Å². The van der Waals surface area contributed by atoms with Gasteiger partial charge in [0.2, 0.25) is 0 Å². The van der Waals surface area contributed by atoms with Gasteiger partial charge in [0.15, 0.2) is 5.16 Å². The molecule has 1 N–H and O–H groups in total. The van der Waals surface area contributed by atoms with Crippen LogP contribution in [0.4, 0.5) is 0 Å². The van der Waals surface area contributed by atoms with Gasteiger partial charge in [0, 0.05) is 29.9 Å². The molecule has 0 spiro atoms. The molecule has 0 aliphatic carbocycles. The lowest BCUT2D eigenvalue weighted by atomic mass is 10.1. The molecule has 0 unspecified atom stereocenters. The van der Waals surface area contributed by atoms with Gasteiger partial charge >= 0.3 is 0 Å². The Balaban J connectivity index is 2.16. The highest BCUT2D eigenvalue weighted by molar-refractivity contribution is 7.99. The standard InChI is InChI=1S/C15H16N4S/c1-11(2)19-10-12-4-5-14(13(8-12)9-16)20-15-17-6-3-7-18-15/h3-8,11,19H,10H2,1-2H3. The van der Waals surface area contributed by atoms with Gasteiger partial charge < -0.3 is 5.32 Å². The van der Waals surface area contributed by atoms with E-state index in [1.807, 2.05) is 18.2 Å². The van der Waals surface area contributed by atoms with Crippen molar-refractivity contribution >= 4 is 11.8 Å². The minimum absolute atomic E-state index is 0.423. The third kappa shape index (κ3) is 4.05. The van der Waals surface area contributed by atoms with E-state index >= 15 is 0 Å². The van der Waals surface area contributed by atoms with Gasteiger partial charge in [-0.1, -0.05) is 19.9 Å². The number of rotatable bonds is 5. The van der Waals surface area contributed by atoms with Crippen molar-refractivity contribution in [2.75, 3.05) is 0 Å². The molecule has 20 heavy (non-hydrogen) atoms. The van der Waals surface area contributed by atoms with Gasteiger partial charge in [0.05, 0.1) is 5.56 Å². The Morgan fingerprint density at radius 3 is 2.70 bits per heavy atom. The van der Waals surface area contributed by atoms with Crippen molar-refractivity contribution in [1.29, 1.82) is 5.26 Å². The lowest BCUT2D eigenvalue weighted by Gasteiger charge is -2.09. The zero-order valence-electron chi connectivity index (χ0n) is 11.5.